The first-order valence-electron chi connectivity index (χ1n) is 7.96. The fourth-order valence-corrected chi connectivity index (χ4v) is 3.54. The third-order valence-corrected chi connectivity index (χ3v) is 4.86. The number of rotatable bonds is 3. The highest BCUT2D eigenvalue weighted by molar-refractivity contribution is 9.10. The molecule has 0 saturated heterocycles. The van der Waals surface area contributed by atoms with Crippen molar-refractivity contribution in [1.82, 2.24) is 0 Å². The van der Waals surface area contributed by atoms with Crippen LogP contribution < -0.4 is 0 Å². The van der Waals surface area contributed by atoms with Gasteiger partial charge in [-0.15, -0.1) is 0 Å². The van der Waals surface area contributed by atoms with Gasteiger partial charge in [0.25, 0.3) is 0 Å². The lowest BCUT2D eigenvalue weighted by Crippen LogP contribution is -2.60. The molecule has 0 heterocycles. The first-order chi connectivity index (χ1) is 14.2. The summed E-state index contributed by atoms with van der Waals surface area (Å²) in [7, 11) is 0. The second-order valence-corrected chi connectivity index (χ2v) is 7.27. The first kappa shape index (κ1) is 26.3. The maximum atomic E-state index is 15.1. The molecule has 2 rings (SSSR count). The third kappa shape index (κ3) is 4.17. The molecule has 0 bridgehead atoms. The van der Waals surface area contributed by atoms with Crippen molar-refractivity contribution < 1.29 is 57.1 Å². The van der Waals surface area contributed by atoms with E-state index in [4.69, 9.17) is 0 Å². The molecule has 0 aliphatic rings. The van der Waals surface area contributed by atoms with Gasteiger partial charge in [0, 0.05) is 27.2 Å². The predicted octanol–water partition coefficient (Wildman–Crippen LogP) is 8.31. The van der Waals surface area contributed by atoms with Gasteiger partial charge in [0.05, 0.1) is 5.56 Å². The molecule has 1 unspecified atom stereocenters. The number of hydrogen-bond donors (Lipinski definition) is 0. The van der Waals surface area contributed by atoms with Crippen molar-refractivity contribution in [3.8, 4) is 11.1 Å². The van der Waals surface area contributed by atoms with E-state index in [0.717, 1.165) is 6.92 Å². The summed E-state index contributed by atoms with van der Waals surface area (Å²) in [5.41, 5.74) is -14.4. The Morgan fingerprint density at radius 3 is 1.75 bits per heavy atom. The molecule has 32 heavy (non-hydrogen) atoms. The summed E-state index contributed by atoms with van der Waals surface area (Å²) in [6, 6.07) is 2.05. The summed E-state index contributed by atoms with van der Waals surface area (Å²) in [6.45, 7) is 0.836. The number of benzene rings is 2. The van der Waals surface area contributed by atoms with Crippen molar-refractivity contribution in [2.45, 2.75) is 37.0 Å². The Morgan fingerprint density at radius 2 is 1.31 bits per heavy atom. The summed E-state index contributed by atoms with van der Waals surface area (Å²) in [5, 5.41) is 0. The van der Waals surface area contributed by atoms with Gasteiger partial charge in [0.15, 0.2) is 0 Å². The van der Waals surface area contributed by atoms with E-state index in [1.165, 1.54) is 0 Å². The van der Waals surface area contributed by atoms with Gasteiger partial charge in [0.1, 0.15) is 5.82 Å². The van der Waals surface area contributed by atoms with E-state index >= 15 is 4.39 Å². The van der Waals surface area contributed by atoms with Crippen molar-refractivity contribution in [2.24, 2.45) is 0 Å². The van der Waals surface area contributed by atoms with Crippen LogP contribution >= 0.6 is 15.9 Å². The van der Waals surface area contributed by atoms with Crippen LogP contribution in [0, 0.1) is 18.8 Å². The van der Waals surface area contributed by atoms with E-state index < -0.39 is 68.2 Å². The molecule has 2 aromatic carbocycles. The topological polar surface area (TPSA) is 0 Å². The van der Waals surface area contributed by atoms with Gasteiger partial charge in [0.2, 0.25) is 0 Å². The summed E-state index contributed by atoms with van der Waals surface area (Å²) >= 11 is 2.46. The molecule has 0 N–H and O–H groups in total. The molecule has 1 radical (unpaired) electrons. The van der Waals surface area contributed by atoms with E-state index in [1.807, 2.05) is 0 Å². The van der Waals surface area contributed by atoms with Gasteiger partial charge in [-0.3, -0.25) is 0 Å². The largest absolute Gasteiger partial charge is 0.457 e. The monoisotopic (exact) mass is 549 g/mol. The molecule has 0 nitrogen and oxygen atoms in total. The first-order valence-corrected chi connectivity index (χ1v) is 8.75. The van der Waals surface area contributed by atoms with Crippen LogP contribution in [-0.4, -0.2) is 18.3 Å². The number of alkyl halides is 12. The van der Waals surface area contributed by atoms with Gasteiger partial charge < -0.3 is 0 Å². The molecule has 1 atom stereocenters. The van der Waals surface area contributed by atoms with Crippen molar-refractivity contribution >= 4 is 15.9 Å². The van der Waals surface area contributed by atoms with Crippen LogP contribution in [0.1, 0.15) is 16.7 Å². The zero-order valence-corrected chi connectivity index (χ0v) is 16.7. The third-order valence-electron chi connectivity index (χ3n) is 4.27. The number of aryl methyl sites for hydroxylation is 1. The van der Waals surface area contributed by atoms with Gasteiger partial charge >= 0.3 is 30.1 Å². The lowest BCUT2D eigenvalue weighted by atomic mass is 9.81. The molecule has 0 aromatic heterocycles. The standard InChI is InChI=1S/C18H7BrF13/c1-7-4-10(14(21,17(27,28)29)16(25,26)18(30,31)32)13(11(19)5-7)9-6-8(15(22,23)24)2-3-12(9)20/h2-4,6H,1H3. The predicted molar refractivity (Wildman–Crippen MR) is 88.0 cm³/mol. The summed E-state index contributed by atoms with van der Waals surface area (Å²) in [6.07, 6.45) is -19.2. The molecule has 177 valence electrons. The summed E-state index contributed by atoms with van der Waals surface area (Å²) < 4.78 is 174. The summed E-state index contributed by atoms with van der Waals surface area (Å²) in [4.78, 5) is 0. The quantitative estimate of drug-likeness (QED) is 0.338. The van der Waals surface area contributed by atoms with Gasteiger partial charge in [-0.25, -0.2) is 8.78 Å². The maximum absolute atomic E-state index is 15.1. The summed E-state index contributed by atoms with van der Waals surface area (Å²) in [5.74, 6) is -8.87. The smallest absolute Gasteiger partial charge is 0.221 e. The van der Waals surface area contributed by atoms with Crippen LogP contribution in [0.4, 0.5) is 57.1 Å². The molecule has 0 fully saturated rings. The Bertz CT molecular complexity index is 1020. The van der Waals surface area contributed by atoms with Crippen molar-refractivity contribution in [2.75, 3.05) is 0 Å². The average Bonchev–Trinajstić information content (AvgIpc) is 2.58. The number of halogens is 14. The molecule has 0 aliphatic carbocycles. The van der Waals surface area contributed by atoms with Crippen molar-refractivity contribution in [3.05, 3.63) is 57.3 Å². The number of hydrogen-bond acceptors (Lipinski definition) is 0. The van der Waals surface area contributed by atoms with Crippen molar-refractivity contribution in [1.29, 1.82) is 0 Å². The Labute approximate surface area is 179 Å². The van der Waals surface area contributed by atoms with Crippen LogP contribution in [0.5, 0.6) is 0 Å². The highest BCUT2D eigenvalue weighted by Gasteiger charge is 2.82. The van der Waals surface area contributed by atoms with E-state index in [2.05, 4.69) is 22.0 Å². The molecule has 14 heteroatoms. The minimum absolute atomic E-state index is 0.0869. The molecule has 0 amide bonds. The SMILES string of the molecule is Cc1[c]c(Br)c(-c2cc(C(F)(F)F)ccc2F)c(C(F)(C(F)(F)F)C(F)(F)C(F)(F)F)c1. The molecule has 0 aliphatic heterocycles. The highest BCUT2D eigenvalue weighted by atomic mass is 79.9. The minimum atomic E-state index is -7.11. The zero-order chi connectivity index (χ0) is 25.1. The fourth-order valence-electron chi connectivity index (χ4n) is 2.80. The fraction of sp³-hybridized carbons (Fsp3) is 0.333. The van der Waals surface area contributed by atoms with Crippen molar-refractivity contribution in [3.63, 3.8) is 0 Å². The van der Waals surface area contributed by atoms with E-state index in [0.29, 0.717) is 0 Å². The normalized spacial score (nSPS) is 15.6. The second-order valence-electron chi connectivity index (χ2n) is 6.48. The Hall–Kier alpha value is -1.99. The maximum Gasteiger partial charge on any atom is 0.457 e. The highest BCUT2D eigenvalue weighted by Crippen LogP contribution is 2.60. The Balaban J connectivity index is 3.09. The van der Waals surface area contributed by atoms with Crippen LogP contribution in [0.15, 0.2) is 28.7 Å². The van der Waals surface area contributed by atoms with Gasteiger partial charge in [-0.05, 0) is 46.6 Å². The van der Waals surface area contributed by atoms with Crippen LogP contribution in [0.3, 0.4) is 0 Å². The minimum Gasteiger partial charge on any atom is -0.221 e. The van der Waals surface area contributed by atoms with Crippen LogP contribution in [-0.2, 0) is 11.8 Å². The lowest BCUT2D eigenvalue weighted by molar-refractivity contribution is -0.389. The second kappa shape index (κ2) is 7.80. The Morgan fingerprint density at radius 1 is 0.781 bits per heavy atom. The lowest BCUT2D eigenvalue weighted by Gasteiger charge is -2.37. The molecule has 0 saturated carbocycles. The van der Waals surface area contributed by atoms with Gasteiger partial charge in [-0.1, -0.05) is 6.07 Å². The molecular weight excluding hydrogens is 543 g/mol. The average molecular weight is 550 g/mol. The van der Waals surface area contributed by atoms with Gasteiger partial charge in [-0.2, -0.15) is 48.3 Å². The molecule has 0 spiro atoms. The molecule has 2 aromatic rings. The Kier molecular flexibility index (Phi) is 6.40. The van der Waals surface area contributed by atoms with Crippen LogP contribution in [0.2, 0.25) is 0 Å². The van der Waals surface area contributed by atoms with E-state index in [1.54, 1.807) is 0 Å². The van der Waals surface area contributed by atoms with Crippen LogP contribution in [0.25, 0.3) is 11.1 Å². The van der Waals surface area contributed by atoms with E-state index in [-0.39, 0.29) is 24.3 Å². The van der Waals surface area contributed by atoms with E-state index in [9.17, 15) is 52.7 Å². The molecular formula is C18H7BrF13. The zero-order valence-electron chi connectivity index (χ0n) is 15.1.